The van der Waals surface area contributed by atoms with Crippen molar-refractivity contribution < 1.29 is 24.0 Å². The van der Waals surface area contributed by atoms with Gasteiger partial charge in [0.25, 0.3) is 5.91 Å². The summed E-state index contributed by atoms with van der Waals surface area (Å²) in [6, 6.07) is 3.07. The molecule has 0 aromatic carbocycles. The molecular formula is C12H18N2O5. The lowest BCUT2D eigenvalue weighted by Crippen LogP contribution is -2.54. The highest BCUT2D eigenvalue weighted by atomic mass is 16.6. The minimum atomic E-state index is -1.57. The second-order valence-electron chi connectivity index (χ2n) is 5.17. The van der Waals surface area contributed by atoms with Gasteiger partial charge in [-0.05, 0) is 39.8 Å². The van der Waals surface area contributed by atoms with Gasteiger partial charge in [0.15, 0.2) is 5.54 Å². The Kier molecular flexibility index (Phi) is 4.21. The fourth-order valence-electron chi connectivity index (χ4n) is 1.41. The number of ether oxygens (including phenoxy) is 1. The lowest BCUT2D eigenvalue weighted by atomic mass is 9.98. The third kappa shape index (κ3) is 3.72. The molecule has 3 N–H and O–H groups in total. The van der Waals surface area contributed by atoms with Gasteiger partial charge in [0, 0.05) is 0 Å². The highest BCUT2D eigenvalue weighted by Gasteiger charge is 2.40. The van der Waals surface area contributed by atoms with E-state index in [0.717, 1.165) is 0 Å². The van der Waals surface area contributed by atoms with Crippen molar-refractivity contribution in [2.45, 2.75) is 38.8 Å². The van der Waals surface area contributed by atoms with E-state index in [1.807, 2.05) is 0 Å². The number of carbonyl (C=O) groups is 2. The molecule has 1 heterocycles. The lowest BCUT2D eigenvalue weighted by molar-refractivity contribution is -0.136. The monoisotopic (exact) mass is 270 g/mol. The maximum Gasteiger partial charge on any atom is 0.408 e. The normalized spacial score (nSPS) is 14.4. The van der Waals surface area contributed by atoms with E-state index in [1.54, 1.807) is 26.8 Å². The first-order valence-electron chi connectivity index (χ1n) is 5.69. The van der Waals surface area contributed by atoms with E-state index in [0.29, 0.717) is 0 Å². The maximum absolute atomic E-state index is 11.8. The van der Waals surface area contributed by atoms with Gasteiger partial charge in [-0.3, -0.25) is 10.0 Å². The topological polar surface area (TPSA) is 101 Å². The van der Waals surface area contributed by atoms with Crippen LogP contribution in [0.5, 0.6) is 0 Å². The van der Waals surface area contributed by atoms with Crippen LogP contribution in [0.3, 0.4) is 0 Å². The molecule has 0 fully saturated rings. The molecule has 106 valence electrons. The molecule has 0 saturated carbocycles. The molecule has 2 amide bonds. The number of amides is 2. The Balaban J connectivity index is 2.94. The van der Waals surface area contributed by atoms with Crippen molar-refractivity contribution in [2.24, 2.45) is 0 Å². The van der Waals surface area contributed by atoms with E-state index in [-0.39, 0.29) is 5.76 Å². The van der Waals surface area contributed by atoms with Gasteiger partial charge in [-0.2, -0.15) is 0 Å². The minimum absolute atomic E-state index is 0.171. The summed E-state index contributed by atoms with van der Waals surface area (Å²) >= 11 is 0. The number of alkyl carbamates (subject to hydrolysis) is 1. The van der Waals surface area contributed by atoms with Gasteiger partial charge < -0.3 is 14.5 Å². The zero-order valence-corrected chi connectivity index (χ0v) is 11.3. The first-order chi connectivity index (χ1) is 8.69. The van der Waals surface area contributed by atoms with E-state index < -0.39 is 23.1 Å². The van der Waals surface area contributed by atoms with Crippen LogP contribution in [-0.2, 0) is 15.1 Å². The van der Waals surface area contributed by atoms with E-state index in [1.165, 1.54) is 24.7 Å². The molecule has 1 aromatic heterocycles. The molecule has 0 aliphatic heterocycles. The summed E-state index contributed by atoms with van der Waals surface area (Å²) in [4.78, 5) is 23.5. The number of carbonyl (C=O) groups excluding carboxylic acids is 2. The molecule has 0 spiro atoms. The zero-order chi connectivity index (χ0) is 14.7. The first kappa shape index (κ1) is 15.0. The van der Waals surface area contributed by atoms with Crippen LogP contribution < -0.4 is 10.8 Å². The highest BCUT2D eigenvalue weighted by Crippen LogP contribution is 2.22. The molecule has 0 unspecified atom stereocenters. The van der Waals surface area contributed by atoms with Crippen molar-refractivity contribution in [2.75, 3.05) is 0 Å². The average Bonchev–Trinajstić information content (AvgIpc) is 2.78. The summed E-state index contributed by atoms with van der Waals surface area (Å²) < 4.78 is 10.2. The minimum Gasteiger partial charge on any atom is -0.466 e. The largest absolute Gasteiger partial charge is 0.466 e. The summed E-state index contributed by atoms with van der Waals surface area (Å²) in [5.74, 6) is -0.668. The summed E-state index contributed by atoms with van der Waals surface area (Å²) in [6.07, 6.45) is 0.560. The molecule has 0 bridgehead atoms. The molecule has 7 heteroatoms. The van der Waals surface area contributed by atoms with Gasteiger partial charge in [0.05, 0.1) is 6.26 Å². The Bertz CT molecular complexity index is 449. The molecule has 0 radical (unpaired) electrons. The Morgan fingerprint density at radius 3 is 2.37 bits per heavy atom. The van der Waals surface area contributed by atoms with E-state index in [2.05, 4.69) is 5.32 Å². The van der Waals surface area contributed by atoms with Crippen molar-refractivity contribution in [3.63, 3.8) is 0 Å². The fraction of sp³-hybridized carbons (Fsp3) is 0.500. The third-order valence-corrected chi connectivity index (χ3v) is 2.32. The summed E-state index contributed by atoms with van der Waals surface area (Å²) in [5, 5.41) is 11.2. The van der Waals surface area contributed by atoms with Crippen molar-refractivity contribution in [1.29, 1.82) is 0 Å². The Hall–Kier alpha value is -2.02. The molecule has 19 heavy (non-hydrogen) atoms. The molecule has 0 aliphatic rings. The molecule has 0 aliphatic carbocycles. The molecule has 7 nitrogen and oxygen atoms in total. The first-order valence-corrected chi connectivity index (χ1v) is 5.69. The SMILES string of the molecule is CC(C)(C)OC(=O)N[C@](C)(C(=O)NO)c1ccco1. The van der Waals surface area contributed by atoms with E-state index in [4.69, 9.17) is 14.4 Å². The fourth-order valence-corrected chi connectivity index (χ4v) is 1.41. The second-order valence-corrected chi connectivity index (χ2v) is 5.17. The standard InChI is InChI=1S/C12H18N2O5/c1-11(2,3)19-10(16)13-12(4,9(15)14-17)8-6-5-7-18-8/h5-7,17H,1-4H3,(H,13,16)(H,14,15)/t12-/m0/s1. The maximum atomic E-state index is 11.8. The lowest BCUT2D eigenvalue weighted by Gasteiger charge is -2.28. The van der Waals surface area contributed by atoms with Crippen molar-refractivity contribution in [3.8, 4) is 0 Å². The number of hydrogen-bond acceptors (Lipinski definition) is 5. The average molecular weight is 270 g/mol. The van der Waals surface area contributed by atoms with E-state index in [9.17, 15) is 9.59 Å². The molecular weight excluding hydrogens is 252 g/mol. The van der Waals surface area contributed by atoms with Crippen molar-refractivity contribution in [1.82, 2.24) is 10.8 Å². The van der Waals surface area contributed by atoms with Crippen LogP contribution in [0.15, 0.2) is 22.8 Å². The van der Waals surface area contributed by atoms with Crippen LogP contribution in [0.4, 0.5) is 4.79 Å². The summed E-state index contributed by atoms with van der Waals surface area (Å²) in [7, 11) is 0. The van der Waals surface area contributed by atoms with Crippen molar-refractivity contribution in [3.05, 3.63) is 24.2 Å². The van der Waals surface area contributed by atoms with Gasteiger partial charge in [-0.15, -0.1) is 0 Å². The van der Waals surface area contributed by atoms with Gasteiger partial charge >= 0.3 is 6.09 Å². The number of furan rings is 1. The smallest absolute Gasteiger partial charge is 0.408 e. The number of hydroxylamine groups is 1. The molecule has 1 atom stereocenters. The van der Waals surface area contributed by atoms with Gasteiger partial charge in [-0.25, -0.2) is 10.3 Å². The summed E-state index contributed by atoms with van der Waals surface area (Å²) in [6.45, 7) is 6.48. The number of hydrogen-bond donors (Lipinski definition) is 3. The Morgan fingerprint density at radius 2 is 1.95 bits per heavy atom. The van der Waals surface area contributed by atoms with Crippen LogP contribution >= 0.6 is 0 Å². The van der Waals surface area contributed by atoms with E-state index >= 15 is 0 Å². The van der Waals surface area contributed by atoms with Crippen LogP contribution in [-0.4, -0.2) is 22.8 Å². The number of rotatable bonds is 3. The van der Waals surface area contributed by atoms with Gasteiger partial charge in [0.2, 0.25) is 0 Å². The predicted molar refractivity (Wildman–Crippen MR) is 65.4 cm³/mol. The summed E-state index contributed by atoms with van der Waals surface area (Å²) in [5.41, 5.74) is -0.781. The zero-order valence-electron chi connectivity index (χ0n) is 11.3. The number of nitrogens with one attached hydrogen (secondary N) is 2. The Labute approximate surface area is 110 Å². The van der Waals surface area contributed by atoms with Crippen LogP contribution in [0, 0.1) is 0 Å². The van der Waals surface area contributed by atoms with Crippen molar-refractivity contribution >= 4 is 12.0 Å². The molecule has 0 saturated heterocycles. The van der Waals surface area contributed by atoms with Crippen LogP contribution in [0.1, 0.15) is 33.5 Å². The second kappa shape index (κ2) is 5.31. The highest BCUT2D eigenvalue weighted by molar-refractivity contribution is 5.89. The quantitative estimate of drug-likeness (QED) is 0.571. The van der Waals surface area contributed by atoms with Gasteiger partial charge in [0.1, 0.15) is 11.4 Å². The third-order valence-electron chi connectivity index (χ3n) is 2.32. The van der Waals surface area contributed by atoms with Gasteiger partial charge in [-0.1, -0.05) is 0 Å². The Morgan fingerprint density at radius 1 is 1.32 bits per heavy atom. The van der Waals surface area contributed by atoms with Crippen LogP contribution in [0.2, 0.25) is 0 Å². The predicted octanol–water partition coefficient (Wildman–Crippen LogP) is 1.52. The van der Waals surface area contributed by atoms with Crippen LogP contribution in [0.25, 0.3) is 0 Å². The molecule has 1 rings (SSSR count). The molecule has 1 aromatic rings.